The van der Waals surface area contributed by atoms with Crippen molar-refractivity contribution in [2.45, 2.75) is 13.8 Å². The van der Waals surface area contributed by atoms with Crippen LogP contribution in [-0.2, 0) is 0 Å². The van der Waals surface area contributed by atoms with Crippen LogP contribution in [0.2, 0.25) is 10.0 Å². The number of thiophene rings is 1. The molecule has 0 radical (unpaired) electrons. The first kappa shape index (κ1) is 23.7. The number of carbonyl (C=O) groups excluding carboxylic acids is 2. The predicted molar refractivity (Wildman–Crippen MR) is 126 cm³/mol. The third-order valence-electron chi connectivity index (χ3n) is 4.30. The van der Waals surface area contributed by atoms with Crippen LogP contribution in [0, 0.1) is 6.92 Å². The van der Waals surface area contributed by atoms with Crippen molar-refractivity contribution in [1.29, 1.82) is 0 Å². The lowest BCUT2D eigenvalue weighted by molar-refractivity contribution is 0.0861. The number of carbonyl (C=O) groups is 2. The molecule has 2 aromatic heterocycles. The van der Waals surface area contributed by atoms with Gasteiger partial charge in [0.1, 0.15) is 0 Å². The number of nitrogens with one attached hydrogen (secondary N) is 3. The fourth-order valence-corrected chi connectivity index (χ4v) is 3.94. The van der Waals surface area contributed by atoms with Crippen LogP contribution in [0.15, 0.2) is 40.2 Å². The van der Waals surface area contributed by atoms with Gasteiger partial charge in [-0.2, -0.15) is 5.10 Å². The first-order valence-corrected chi connectivity index (χ1v) is 10.9. The highest BCUT2D eigenvalue weighted by Crippen LogP contribution is 2.24. The third kappa shape index (κ3) is 5.10. The number of H-pyrrole nitrogens is 1. The fourth-order valence-electron chi connectivity index (χ4n) is 2.86. The van der Waals surface area contributed by atoms with Gasteiger partial charge in [0.2, 0.25) is 0 Å². The Kier molecular flexibility index (Phi) is 7.19. The van der Waals surface area contributed by atoms with Crippen LogP contribution in [0.25, 0.3) is 5.69 Å². The molecule has 0 aliphatic rings. The molecule has 0 atom stereocenters. The summed E-state index contributed by atoms with van der Waals surface area (Å²) in [6, 6.07) is 7.91. The Labute approximate surface area is 197 Å². The van der Waals surface area contributed by atoms with E-state index in [4.69, 9.17) is 23.2 Å². The Hall–Kier alpha value is -2.92. The molecule has 32 heavy (non-hydrogen) atoms. The van der Waals surface area contributed by atoms with Gasteiger partial charge in [0, 0.05) is 19.8 Å². The maximum absolute atomic E-state index is 12.9. The second-order valence-corrected chi connectivity index (χ2v) is 8.89. The number of amides is 2. The third-order valence-corrected chi connectivity index (χ3v) is 6.12. The smallest absolute Gasteiger partial charge is 0.281 e. The van der Waals surface area contributed by atoms with Crippen molar-refractivity contribution in [3.63, 3.8) is 0 Å². The number of aryl methyl sites for hydroxylation is 1. The molecule has 2 heterocycles. The topological polar surface area (TPSA) is 112 Å². The predicted octanol–water partition coefficient (Wildman–Crippen LogP) is 3.20. The Morgan fingerprint density at radius 2 is 1.75 bits per heavy atom. The molecule has 0 aliphatic carbocycles. The Morgan fingerprint density at radius 1 is 1.09 bits per heavy atom. The van der Waals surface area contributed by atoms with E-state index in [1.807, 2.05) is 0 Å². The second-order valence-electron chi connectivity index (χ2n) is 6.99. The molecule has 12 heteroatoms. The van der Waals surface area contributed by atoms with Crippen molar-refractivity contribution in [2.75, 3.05) is 14.1 Å². The SMILES string of the molecule is C/C(=N/NC(=O)c1ccc(C(=O)NN(C)C)s1)c1c(C)[nH]n(-c2ccc(Cl)c(Cl)c2)c1=O. The van der Waals surface area contributed by atoms with E-state index in [-0.39, 0.29) is 11.5 Å². The summed E-state index contributed by atoms with van der Waals surface area (Å²) in [5.74, 6) is -0.805. The maximum Gasteiger partial charge on any atom is 0.281 e. The number of rotatable bonds is 6. The summed E-state index contributed by atoms with van der Waals surface area (Å²) >= 11 is 13.0. The standard InChI is InChI=1S/C20H20Cl2N6O3S/c1-10(23-24-18(29)15-7-8-16(32-15)19(30)26-27(3)4)17-11(2)25-28(20(17)31)12-5-6-13(21)14(22)9-12/h5-9,25H,1-4H3,(H,24,29)(H,26,30)/b23-10-. The summed E-state index contributed by atoms with van der Waals surface area (Å²) in [6.45, 7) is 3.34. The molecule has 0 spiro atoms. The van der Waals surface area contributed by atoms with E-state index in [9.17, 15) is 14.4 Å². The van der Waals surface area contributed by atoms with E-state index in [2.05, 4.69) is 21.1 Å². The van der Waals surface area contributed by atoms with E-state index in [1.165, 1.54) is 15.8 Å². The van der Waals surface area contributed by atoms with Crippen LogP contribution in [0.1, 0.15) is 37.5 Å². The monoisotopic (exact) mass is 494 g/mol. The van der Waals surface area contributed by atoms with Gasteiger partial charge >= 0.3 is 0 Å². The lowest BCUT2D eigenvalue weighted by Gasteiger charge is -2.09. The molecule has 0 saturated heterocycles. The number of aromatic nitrogens is 2. The van der Waals surface area contributed by atoms with Gasteiger partial charge in [-0.3, -0.25) is 24.9 Å². The quantitative estimate of drug-likeness (QED) is 0.360. The van der Waals surface area contributed by atoms with Crippen LogP contribution in [0.3, 0.4) is 0 Å². The number of halogens is 2. The molecule has 0 bridgehead atoms. The van der Waals surface area contributed by atoms with Gasteiger partial charge in [-0.1, -0.05) is 23.2 Å². The number of hydrazine groups is 1. The number of hydrogen-bond donors (Lipinski definition) is 3. The fraction of sp³-hybridized carbons (Fsp3) is 0.200. The van der Waals surface area contributed by atoms with E-state index in [0.717, 1.165) is 11.3 Å². The van der Waals surface area contributed by atoms with Gasteiger partial charge in [-0.15, -0.1) is 11.3 Å². The molecule has 0 aliphatic heterocycles. The Bertz CT molecular complexity index is 1270. The molecule has 0 unspecified atom stereocenters. The highest BCUT2D eigenvalue weighted by atomic mass is 35.5. The van der Waals surface area contributed by atoms with Crippen molar-refractivity contribution < 1.29 is 9.59 Å². The Morgan fingerprint density at radius 3 is 2.38 bits per heavy atom. The first-order valence-electron chi connectivity index (χ1n) is 9.28. The van der Waals surface area contributed by atoms with Crippen molar-refractivity contribution in [3.05, 3.63) is 71.7 Å². The van der Waals surface area contributed by atoms with Gasteiger partial charge in [-0.05, 0) is 44.2 Å². The van der Waals surface area contributed by atoms with Crippen molar-refractivity contribution in [2.24, 2.45) is 5.10 Å². The highest BCUT2D eigenvalue weighted by molar-refractivity contribution is 7.15. The van der Waals surface area contributed by atoms with Crippen LogP contribution in [-0.4, -0.2) is 46.4 Å². The number of benzene rings is 1. The molecule has 3 N–H and O–H groups in total. The largest absolute Gasteiger partial charge is 0.295 e. The molecular weight excluding hydrogens is 475 g/mol. The molecule has 2 amide bonds. The zero-order valence-electron chi connectivity index (χ0n) is 17.6. The number of hydrazone groups is 1. The minimum atomic E-state index is -0.490. The van der Waals surface area contributed by atoms with E-state index < -0.39 is 5.91 Å². The van der Waals surface area contributed by atoms with Crippen LogP contribution < -0.4 is 16.4 Å². The van der Waals surface area contributed by atoms with Crippen LogP contribution in [0.5, 0.6) is 0 Å². The number of aromatic amines is 1. The molecular formula is C20H20Cl2N6O3S. The van der Waals surface area contributed by atoms with Gasteiger partial charge in [0.15, 0.2) is 0 Å². The normalized spacial score (nSPS) is 11.7. The van der Waals surface area contributed by atoms with Crippen molar-refractivity contribution >= 4 is 52.1 Å². The second kappa shape index (κ2) is 9.70. The zero-order chi connectivity index (χ0) is 23.6. The number of hydrogen-bond acceptors (Lipinski definition) is 6. The maximum atomic E-state index is 12.9. The minimum Gasteiger partial charge on any atom is -0.295 e. The summed E-state index contributed by atoms with van der Waals surface area (Å²) in [5.41, 5.74) is 6.39. The van der Waals surface area contributed by atoms with Crippen molar-refractivity contribution in [1.82, 2.24) is 25.6 Å². The summed E-state index contributed by atoms with van der Waals surface area (Å²) in [7, 11) is 3.38. The number of nitrogens with zero attached hydrogens (tertiary/aromatic N) is 3. The summed E-state index contributed by atoms with van der Waals surface area (Å²) < 4.78 is 1.32. The van der Waals surface area contributed by atoms with E-state index >= 15 is 0 Å². The van der Waals surface area contributed by atoms with Crippen molar-refractivity contribution in [3.8, 4) is 5.69 Å². The van der Waals surface area contributed by atoms with Crippen LogP contribution in [0.4, 0.5) is 0 Å². The van der Waals surface area contributed by atoms with Crippen LogP contribution >= 0.6 is 34.5 Å². The molecule has 9 nitrogen and oxygen atoms in total. The molecule has 0 saturated carbocycles. The van der Waals surface area contributed by atoms with E-state index in [0.29, 0.717) is 42.5 Å². The van der Waals surface area contributed by atoms with E-state index in [1.54, 1.807) is 52.2 Å². The van der Waals surface area contributed by atoms with Gasteiger partial charge in [0.05, 0.1) is 36.8 Å². The highest BCUT2D eigenvalue weighted by Gasteiger charge is 2.17. The molecule has 3 aromatic rings. The van der Waals surface area contributed by atoms with Gasteiger partial charge in [-0.25, -0.2) is 15.1 Å². The van der Waals surface area contributed by atoms with Gasteiger partial charge in [0.25, 0.3) is 17.4 Å². The lowest BCUT2D eigenvalue weighted by Crippen LogP contribution is -2.35. The summed E-state index contributed by atoms with van der Waals surface area (Å²) in [5, 5.41) is 9.25. The minimum absolute atomic E-state index is 0.310. The molecule has 1 aromatic carbocycles. The first-order chi connectivity index (χ1) is 15.1. The molecule has 168 valence electrons. The average Bonchev–Trinajstić information content (AvgIpc) is 3.33. The Balaban J connectivity index is 1.79. The van der Waals surface area contributed by atoms with Gasteiger partial charge < -0.3 is 0 Å². The zero-order valence-corrected chi connectivity index (χ0v) is 19.9. The molecule has 0 fully saturated rings. The summed E-state index contributed by atoms with van der Waals surface area (Å²) in [4.78, 5) is 38.1. The lowest BCUT2D eigenvalue weighted by atomic mass is 10.2. The molecule has 3 rings (SSSR count). The average molecular weight is 495 g/mol. The summed E-state index contributed by atoms with van der Waals surface area (Å²) in [6.07, 6.45) is 0.